The standard InChI is InChI=1S/C39H66O18/c1-9-39(8,15-11-14-18(4)13-10-12-17(2)3)57-38-34(28(45)25(42)22(54-38)16-50-35-30(47)26(43)23(40)19(5)51-35)56-37-32(49)29(46)33(21(7)53-37)55-36-31(48)27(44)24(41)20(6)52-36/h9,12,14,19-38,40-49H,1,10-11,13,15-16H2,2-8H3/b18-14-/t19-,20-,21-,22+,23-,24-,25+,26+,27+,28-,29-,30+,31+,32+,33-,34+,35+,36-,37-,38-,39?/m0/s1. The molecule has 0 spiro atoms. The van der Waals surface area contributed by atoms with Crippen molar-refractivity contribution in [3.05, 3.63) is 36.0 Å². The molecule has 1 unspecified atom stereocenters. The predicted molar refractivity (Wildman–Crippen MR) is 199 cm³/mol. The maximum Gasteiger partial charge on any atom is 0.188 e. The van der Waals surface area contributed by atoms with Gasteiger partial charge >= 0.3 is 0 Å². The van der Waals surface area contributed by atoms with Crippen molar-refractivity contribution in [2.45, 2.75) is 203 Å². The van der Waals surface area contributed by atoms with Crippen LogP contribution in [0.2, 0.25) is 0 Å². The summed E-state index contributed by atoms with van der Waals surface area (Å²) >= 11 is 0. The van der Waals surface area contributed by atoms with Crippen molar-refractivity contribution in [2.75, 3.05) is 6.61 Å². The third kappa shape index (κ3) is 11.9. The Morgan fingerprint density at radius 2 is 1.09 bits per heavy atom. The molecule has 18 nitrogen and oxygen atoms in total. The Kier molecular flexibility index (Phi) is 17.6. The van der Waals surface area contributed by atoms with Gasteiger partial charge in [-0.15, -0.1) is 6.58 Å². The fraction of sp³-hybridized carbons (Fsp3) is 0.846. The van der Waals surface area contributed by atoms with Crippen LogP contribution in [0.15, 0.2) is 36.0 Å². The first kappa shape index (κ1) is 48.2. The summed E-state index contributed by atoms with van der Waals surface area (Å²) in [5, 5.41) is 107. The maximum absolute atomic E-state index is 11.5. The van der Waals surface area contributed by atoms with Crippen molar-refractivity contribution >= 4 is 0 Å². The lowest BCUT2D eigenvalue weighted by Gasteiger charge is -2.49. The van der Waals surface area contributed by atoms with E-state index in [2.05, 4.69) is 18.7 Å². The molecular weight excluding hydrogens is 756 g/mol. The van der Waals surface area contributed by atoms with Gasteiger partial charge in [0.1, 0.15) is 79.4 Å². The highest BCUT2D eigenvalue weighted by atomic mass is 16.8. The van der Waals surface area contributed by atoms with E-state index in [1.807, 2.05) is 20.8 Å². The fourth-order valence-electron chi connectivity index (χ4n) is 7.14. The van der Waals surface area contributed by atoms with Gasteiger partial charge in [0.2, 0.25) is 0 Å². The van der Waals surface area contributed by atoms with Crippen molar-refractivity contribution in [2.24, 2.45) is 0 Å². The summed E-state index contributed by atoms with van der Waals surface area (Å²) in [6, 6.07) is 0. The van der Waals surface area contributed by atoms with E-state index in [0.29, 0.717) is 12.8 Å². The van der Waals surface area contributed by atoms with Crippen molar-refractivity contribution in [3.8, 4) is 0 Å². The number of aliphatic hydroxyl groups is 10. The van der Waals surface area contributed by atoms with Crippen molar-refractivity contribution in [1.82, 2.24) is 0 Å². The largest absolute Gasteiger partial charge is 0.388 e. The van der Waals surface area contributed by atoms with E-state index in [4.69, 9.17) is 37.9 Å². The highest BCUT2D eigenvalue weighted by Crippen LogP contribution is 2.35. The van der Waals surface area contributed by atoms with Gasteiger partial charge < -0.3 is 89.0 Å². The van der Waals surface area contributed by atoms with Gasteiger partial charge in [0.15, 0.2) is 25.2 Å². The van der Waals surface area contributed by atoms with Crippen LogP contribution >= 0.6 is 0 Å². The quantitative estimate of drug-likeness (QED) is 0.0817. The molecule has 21 atom stereocenters. The van der Waals surface area contributed by atoms with Crippen LogP contribution in [-0.2, 0) is 37.9 Å². The minimum atomic E-state index is -1.84. The zero-order valence-electron chi connectivity index (χ0n) is 33.8. The first-order valence-corrected chi connectivity index (χ1v) is 19.6. The van der Waals surface area contributed by atoms with Crippen molar-refractivity contribution in [1.29, 1.82) is 0 Å². The van der Waals surface area contributed by atoms with Crippen LogP contribution in [0.3, 0.4) is 0 Å². The molecule has 4 fully saturated rings. The molecule has 4 aliphatic rings. The molecular formula is C39H66O18. The normalized spacial score (nSPS) is 45.6. The average molecular weight is 823 g/mol. The molecule has 4 saturated heterocycles. The Balaban J connectivity index is 1.51. The molecule has 10 N–H and O–H groups in total. The lowest BCUT2D eigenvalue weighted by molar-refractivity contribution is -0.388. The van der Waals surface area contributed by atoms with Gasteiger partial charge in [-0.25, -0.2) is 0 Å². The van der Waals surface area contributed by atoms with Gasteiger partial charge in [-0.05, 0) is 74.1 Å². The van der Waals surface area contributed by atoms with Gasteiger partial charge in [0, 0.05) is 0 Å². The number of allylic oxidation sites excluding steroid dienone is 4. The van der Waals surface area contributed by atoms with Crippen LogP contribution in [0.25, 0.3) is 0 Å². The molecule has 0 aliphatic carbocycles. The molecule has 0 aromatic carbocycles. The number of ether oxygens (including phenoxy) is 8. The Morgan fingerprint density at radius 3 is 1.67 bits per heavy atom. The van der Waals surface area contributed by atoms with Crippen molar-refractivity contribution in [3.63, 3.8) is 0 Å². The third-order valence-corrected chi connectivity index (χ3v) is 11.1. The first-order chi connectivity index (χ1) is 26.7. The third-order valence-electron chi connectivity index (χ3n) is 11.1. The monoisotopic (exact) mass is 822 g/mol. The molecule has 0 bridgehead atoms. The number of rotatable bonds is 16. The van der Waals surface area contributed by atoms with E-state index in [0.717, 1.165) is 12.8 Å². The van der Waals surface area contributed by atoms with E-state index in [9.17, 15) is 51.1 Å². The molecule has 0 aromatic heterocycles. The Labute approximate surface area is 333 Å². The molecule has 330 valence electrons. The van der Waals surface area contributed by atoms with Crippen LogP contribution in [0, 0.1) is 0 Å². The Hall–Kier alpha value is -1.50. The molecule has 0 radical (unpaired) electrons. The van der Waals surface area contributed by atoms with E-state index >= 15 is 0 Å². The minimum absolute atomic E-state index is 0.403. The van der Waals surface area contributed by atoms with Gasteiger partial charge in [-0.2, -0.15) is 0 Å². The Morgan fingerprint density at radius 1 is 0.579 bits per heavy atom. The highest BCUT2D eigenvalue weighted by molar-refractivity contribution is 5.05. The molecule has 18 heteroatoms. The SMILES string of the molecule is C=CC(C)(CC/C=C(/C)CCC=C(C)C)O[C@@H]1O[C@H](CO[C@@H]2O[C@@H](C)[C@H](O)[C@@H](O)[C@H]2O)[C@@H](O)[C@H](O)[C@H]1O[C@@H]1O[C@@H](C)[C@H](O[C@@H]2O[C@@H](C)[C@H](O)[C@@H](O)[C@H]2O)[C@@H](O)[C@H]1O. The smallest absolute Gasteiger partial charge is 0.188 e. The molecule has 4 heterocycles. The zero-order valence-corrected chi connectivity index (χ0v) is 33.8. The molecule has 0 aromatic rings. The van der Waals surface area contributed by atoms with Gasteiger partial charge in [0.05, 0.1) is 30.5 Å². The van der Waals surface area contributed by atoms with Crippen LogP contribution in [-0.4, -0.2) is 186 Å². The summed E-state index contributed by atoms with van der Waals surface area (Å²) in [7, 11) is 0. The summed E-state index contributed by atoms with van der Waals surface area (Å²) in [5.41, 5.74) is 1.30. The predicted octanol–water partition coefficient (Wildman–Crippen LogP) is -1.22. The molecule has 4 aliphatic heterocycles. The summed E-state index contributed by atoms with van der Waals surface area (Å²) in [6.45, 7) is 15.7. The van der Waals surface area contributed by atoms with E-state index in [1.165, 1.54) is 31.9 Å². The van der Waals surface area contributed by atoms with Crippen LogP contribution in [0.1, 0.15) is 74.1 Å². The lowest BCUT2D eigenvalue weighted by Crippen LogP contribution is -2.66. The second-order valence-electron chi connectivity index (χ2n) is 16.2. The summed E-state index contributed by atoms with van der Waals surface area (Å²) in [4.78, 5) is 0. The van der Waals surface area contributed by atoms with Crippen molar-refractivity contribution < 1.29 is 89.0 Å². The first-order valence-electron chi connectivity index (χ1n) is 19.6. The van der Waals surface area contributed by atoms with E-state index < -0.39 is 135 Å². The second-order valence-corrected chi connectivity index (χ2v) is 16.2. The summed E-state index contributed by atoms with van der Waals surface area (Å²) < 4.78 is 47.0. The number of hydrogen-bond acceptors (Lipinski definition) is 18. The highest BCUT2D eigenvalue weighted by Gasteiger charge is 2.54. The van der Waals surface area contributed by atoms with Gasteiger partial charge in [-0.1, -0.05) is 29.4 Å². The fourth-order valence-corrected chi connectivity index (χ4v) is 7.14. The second kappa shape index (κ2) is 20.8. The lowest BCUT2D eigenvalue weighted by atomic mass is 9.95. The Bertz CT molecular complexity index is 1330. The van der Waals surface area contributed by atoms with Gasteiger partial charge in [0.25, 0.3) is 0 Å². The van der Waals surface area contributed by atoms with E-state index in [-0.39, 0.29) is 0 Å². The van der Waals surface area contributed by atoms with E-state index in [1.54, 1.807) is 13.0 Å². The molecule has 4 rings (SSSR count). The number of hydrogen-bond donors (Lipinski definition) is 10. The molecule has 0 saturated carbocycles. The van der Waals surface area contributed by atoms with Crippen LogP contribution in [0.5, 0.6) is 0 Å². The van der Waals surface area contributed by atoms with Crippen LogP contribution in [0.4, 0.5) is 0 Å². The van der Waals surface area contributed by atoms with Crippen LogP contribution < -0.4 is 0 Å². The summed E-state index contributed by atoms with van der Waals surface area (Å²) in [6.07, 6.45) is -21.0. The zero-order chi connectivity index (χ0) is 42.5. The summed E-state index contributed by atoms with van der Waals surface area (Å²) in [5.74, 6) is 0. The topological polar surface area (TPSA) is 276 Å². The van der Waals surface area contributed by atoms with Gasteiger partial charge in [-0.3, -0.25) is 0 Å². The number of aliphatic hydroxyl groups excluding tert-OH is 10. The average Bonchev–Trinajstić information content (AvgIpc) is 3.16. The minimum Gasteiger partial charge on any atom is -0.388 e. The molecule has 0 amide bonds. The molecule has 57 heavy (non-hydrogen) atoms. The maximum atomic E-state index is 11.5.